The van der Waals surface area contributed by atoms with Gasteiger partial charge in [0.2, 0.25) is 5.95 Å². The Morgan fingerprint density at radius 1 is 1.18 bits per heavy atom. The van der Waals surface area contributed by atoms with E-state index in [1.165, 1.54) is 6.42 Å². The van der Waals surface area contributed by atoms with Crippen LogP contribution in [0.3, 0.4) is 0 Å². The monoisotopic (exact) mass is 297 g/mol. The van der Waals surface area contributed by atoms with Gasteiger partial charge in [0.05, 0.1) is 0 Å². The normalized spacial score (nSPS) is 14.6. The van der Waals surface area contributed by atoms with Crippen LogP contribution in [-0.4, -0.2) is 38.8 Å². The summed E-state index contributed by atoms with van der Waals surface area (Å²) in [6, 6.07) is 5.53. The molecule has 0 radical (unpaired) electrons. The highest BCUT2D eigenvalue weighted by atomic mass is 16.2. The summed E-state index contributed by atoms with van der Waals surface area (Å²) in [5.41, 5.74) is 1.49. The highest BCUT2D eigenvalue weighted by Gasteiger charge is 2.19. The Kier molecular flexibility index (Phi) is 4.58. The molecule has 0 aromatic carbocycles. The van der Waals surface area contributed by atoms with E-state index in [-0.39, 0.29) is 5.91 Å². The zero-order valence-electron chi connectivity index (χ0n) is 12.4. The van der Waals surface area contributed by atoms with Crippen LogP contribution in [0.1, 0.15) is 35.3 Å². The number of amides is 1. The number of anilines is 1. The highest BCUT2D eigenvalue weighted by molar-refractivity contribution is 5.92. The molecule has 0 spiro atoms. The standard InChI is InChI=1S/C16H19N5O/c22-15(21-9-2-1-3-10-21)14-6-8-18-16(20-14)19-12-13-5-4-7-17-11-13/h4-8,11H,1-3,9-10,12H2,(H,18,19,20). The van der Waals surface area contributed by atoms with Crippen LogP contribution in [0.4, 0.5) is 5.95 Å². The minimum Gasteiger partial charge on any atom is -0.350 e. The van der Waals surface area contributed by atoms with Gasteiger partial charge in [0.25, 0.3) is 5.91 Å². The van der Waals surface area contributed by atoms with Gasteiger partial charge in [0, 0.05) is 38.2 Å². The number of nitrogens with one attached hydrogen (secondary N) is 1. The molecule has 1 fully saturated rings. The minimum absolute atomic E-state index is 0.00784. The predicted molar refractivity (Wildman–Crippen MR) is 83.4 cm³/mol. The minimum atomic E-state index is -0.00784. The third kappa shape index (κ3) is 3.58. The second-order valence-corrected chi connectivity index (χ2v) is 5.33. The number of hydrogen-bond acceptors (Lipinski definition) is 5. The zero-order valence-corrected chi connectivity index (χ0v) is 12.4. The molecule has 1 aliphatic heterocycles. The first-order chi connectivity index (χ1) is 10.8. The molecule has 6 nitrogen and oxygen atoms in total. The molecule has 2 aromatic rings. The summed E-state index contributed by atoms with van der Waals surface area (Å²) in [7, 11) is 0. The second kappa shape index (κ2) is 6.98. The van der Waals surface area contributed by atoms with Gasteiger partial charge in [-0.2, -0.15) is 0 Å². The molecule has 3 rings (SSSR count). The Balaban J connectivity index is 1.65. The third-order valence-electron chi connectivity index (χ3n) is 3.69. The first-order valence-corrected chi connectivity index (χ1v) is 7.58. The van der Waals surface area contributed by atoms with E-state index >= 15 is 0 Å². The fraction of sp³-hybridized carbons (Fsp3) is 0.375. The van der Waals surface area contributed by atoms with Crippen molar-refractivity contribution < 1.29 is 4.79 Å². The van der Waals surface area contributed by atoms with Gasteiger partial charge in [-0.1, -0.05) is 6.07 Å². The lowest BCUT2D eigenvalue weighted by Crippen LogP contribution is -2.36. The number of pyridine rings is 1. The lowest BCUT2D eigenvalue weighted by atomic mass is 10.1. The summed E-state index contributed by atoms with van der Waals surface area (Å²) in [6.45, 7) is 2.22. The number of hydrogen-bond donors (Lipinski definition) is 1. The maximum atomic E-state index is 12.4. The Bertz CT molecular complexity index is 625. The summed E-state index contributed by atoms with van der Waals surface area (Å²) in [5.74, 6) is 0.457. The van der Waals surface area contributed by atoms with E-state index < -0.39 is 0 Å². The molecule has 114 valence electrons. The zero-order chi connectivity index (χ0) is 15.2. The van der Waals surface area contributed by atoms with Gasteiger partial charge >= 0.3 is 0 Å². The van der Waals surface area contributed by atoms with Crippen LogP contribution in [-0.2, 0) is 6.54 Å². The van der Waals surface area contributed by atoms with Gasteiger partial charge < -0.3 is 10.2 Å². The Morgan fingerprint density at radius 2 is 2.05 bits per heavy atom. The molecular weight excluding hydrogens is 278 g/mol. The van der Waals surface area contributed by atoms with E-state index in [0.29, 0.717) is 18.2 Å². The van der Waals surface area contributed by atoms with Crippen molar-refractivity contribution in [3.63, 3.8) is 0 Å². The smallest absolute Gasteiger partial charge is 0.272 e. The molecule has 0 unspecified atom stereocenters. The molecular formula is C16H19N5O. The second-order valence-electron chi connectivity index (χ2n) is 5.33. The van der Waals surface area contributed by atoms with Gasteiger partial charge in [-0.25, -0.2) is 9.97 Å². The van der Waals surface area contributed by atoms with Crippen molar-refractivity contribution in [1.82, 2.24) is 19.9 Å². The van der Waals surface area contributed by atoms with Crippen molar-refractivity contribution >= 4 is 11.9 Å². The topological polar surface area (TPSA) is 71.0 Å². The van der Waals surface area contributed by atoms with Gasteiger partial charge in [0.15, 0.2) is 0 Å². The lowest BCUT2D eigenvalue weighted by molar-refractivity contribution is 0.0718. The maximum Gasteiger partial charge on any atom is 0.272 e. The van der Waals surface area contributed by atoms with Crippen LogP contribution in [0, 0.1) is 0 Å². The van der Waals surface area contributed by atoms with E-state index in [1.54, 1.807) is 24.7 Å². The lowest BCUT2D eigenvalue weighted by Gasteiger charge is -2.26. The van der Waals surface area contributed by atoms with Crippen LogP contribution >= 0.6 is 0 Å². The summed E-state index contributed by atoms with van der Waals surface area (Å²) >= 11 is 0. The molecule has 2 aromatic heterocycles. The average Bonchev–Trinajstić information content (AvgIpc) is 2.61. The Morgan fingerprint density at radius 3 is 2.82 bits per heavy atom. The Labute approximate surface area is 129 Å². The summed E-state index contributed by atoms with van der Waals surface area (Å²) in [4.78, 5) is 26.9. The quantitative estimate of drug-likeness (QED) is 0.936. The van der Waals surface area contributed by atoms with Crippen LogP contribution in [0.2, 0.25) is 0 Å². The molecule has 0 bridgehead atoms. The molecule has 1 amide bonds. The number of aromatic nitrogens is 3. The number of likely N-dealkylation sites (tertiary alicyclic amines) is 1. The summed E-state index contributed by atoms with van der Waals surface area (Å²) in [5, 5.41) is 3.13. The van der Waals surface area contributed by atoms with Crippen molar-refractivity contribution in [2.45, 2.75) is 25.8 Å². The van der Waals surface area contributed by atoms with Crippen molar-refractivity contribution in [3.05, 3.63) is 48.0 Å². The molecule has 0 atom stereocenters. The highest BCUT2D eigenvalue weighted by Crippen LogP contribution is 2.12. The van der Waals surface area contributed by atoms with E-state index in [0.717, 1.165) is 31.5 Å². The van der Waals surface area contributed by atoms with Crippen LogP contribution in [0.5, 0.6) is 0 Å². The number of nitrogens with zero attached hydrogens (tertiary/aromatic N) is 4. The van der Waals surface area contributed by atoms with Crippen LogP contribution in [0.25, 0.3) is 0 Å². The maximum absolute atomic E-state index is 12.4. The molecule has 1 N–H and O–H groups in total. The van der Waals surface area contributed by atoms with Crippen LogP contribution in [0.15, 0.2) is 36.8 Å². The average molecular weight is 297 g/mol. The van der Waals surface area contributed by atoms with Gasteiger partial charge in [-0.15, -0.1) is 0 Å². The molecule has 22 heavy (non-hydrogen) atoms. The van der Waals surface area contributed by atoms with Crippen LogP contribution < -0.4 is 5.32 Å². The largest absolute Gasteiger partial charge is 0.350 e. The van der Waals surface area contributed by atoms with Crippen molar-refractivity contribution in [2.75, 3.05) is 18.4 Å². The summed E-state index contributed by atoms with van der Waals surface area (Å²) in [6.07, 6.45) is 8.49. The molecule has 1 saturated heterocycles. The van der Waals surface area contributed by atoms with Crippen molar-refractivity contribution in [3.8, 4) is 0 Å². The molecule has 6 heteroatoms. The van der Waals surface area contributed by atoms with Gasteiger partial charge in [0.1, 0.15) is 5.69 Å². The van der Waals surface area contributed by atoms with E-state index in [2.05, 4.69) is 20.3 Å². The SMILES string of the molecule is O=C(c1ccnc(NCc2cccnc2)n1)N1CCCCC1. The third-order valence-corrected chi connectivity index (χ3v) is 3.69. The molecule has 0 saturated carbocycles. The first kappa shape index (κ1) is 14.4. The predicted octanol–water partition coefficient (Wildman–Crippen LogP) is 2.11. The number of carbonyl (C=O) groups excluding carboxylic acids is 1. The molecule has 3 heterocycles. The number of piperidine rings is 1. The molecule has 0 aliphatic carbocycles. The van der Waals surface area contributed by atoms with E-state index in [9.17, 15) is 4.79 Å². The fourth-order valence-electron chi connectivity index (χ4n) is 2.51. The summed E-state index contributed by atoms with van der Waals surface area (Å²) < 4.78 is 0. The van der Waals surface area contributed by atoms with E-state index in [4.69, 9.17) is 0 Å². The molecule has 1 aliphatic rings. The van der Waals surface area contributed by atoms with Crippen molar-refractivity contribution in [2.24, 2.45) is 0 Å². The fourth-order valence-corrected chi connectivity index (χ4v) is 2.51. The number of carbonyl (C=O) groups is 1. The van der Waals surface area contributed by atoms with E-state index in [1.807, 2.05) is 17.0 Å². The first-order valence-electron chi connectivity index (χ1n) is 7.58. The Hall–Kier alpha value is -2.50. The van der Waals surface area contributed by atoms with Gasteiger partial charge in [-0.05, 0) is 37.0 Å². The number of rotatable bonds is 4. The van der Waals surface area contributed by atoms with Crippen molar-refractivity contribution in [1.29, 1.82) is 0 Å². The van der Waals surface area contributed by atoms with Gasteiger partial charge in [-0.3, -0.25) is 9.78 Å².